The Morgan fingerprint density at radius 1 is 0.939 bits per heavy atom. The maximum absolute atomic E-state index is 11.5. The summed E-state index contributed by atoms with van der Waals surface area (Å²) in [5, 5.41) is 12.5. The first kappa shape index (κ1) is 22.1. The number of aromatic nitrogens is 1. The van der Waals surface area contributed by atoms with Gasteiger partial charge in [-0.25, -0.2) is 0 Å². The molecule has 0 amide bonds. The van der Waals surface area contributed by atoms with Crippen LogP contribution in [-0.4, -0.2) is 22.6 Å². The van der Waals surface area contributed by atoms with Crippen LogP contribution in [0.3, 0.4) is 0 Å². The first-order valence-electron chi connectivity index (χ1n) is 11.0. The monoisotopic (exact) mass is 442 g/mol. The Labute approximate surface area is 192 Å². The molecule has 0 aliphatic carbocycles. The first-order valence-corrected chi connectivity index (χ1v) is 11.0. The number of ether oxygens (including phenoxy) is 1. The van der Waals surface area contributed by atoms with Gasteiger partial charge in [0.2, 0.25) is 0 Å². The van der Waals surface area contributed by atoms with Crippen LogP contribution in [0.25, 0.3) is 22.6 Å². The lowest BCUT2D eigenvalue weighted by Gasteiger charge is -2.10. The summed E-state index contributed by atoms with van der Waals surface area (Å²) in [6, 6.07) is 27.3. The number of para-hydroxylation sites is 1. The zero-order valence-corrected chi connectivity index (χ0v) is 18.4. The van der Waals surface area contributed by atoms with Crippen molar-refractivity contribution in [2.24, 2.45) is 5.92 Å². The van der Waals surface area contributed by atoms with Crippen LogP contribution < -0.4 is 10.1 Å². The van der Waals surface area contributed by atoms with E-state index >= 15 is 0 Å². The maximum atomic E-state index is 11.5. The van der Waals surface area contributed by atoms with Crippen molar-refractivity contribution in [3.8, 4) is 34.1 Å². The summed E-state index contributed by atoms with van der Waals surface area (Å²) in [6.45, 7) is 2.22. The molecular weight excluding hydrogens is 416 g/mol. The van der Waals surface area contributed by atoms with Gasteiger partial charge in [0.1, 0.15) is 17.2 Å². The van der Waals surface area contributed by atoms with Crippen molar-refractivity contribution in [1.29, 1.82) is 0 Å². The minimum Gasteiger partial charge on any atom is -0.481 e. The lowest BCUT2D eigenvalue weighted by atomic mass is 10.0. The van der Waals surface area contributed by atoms with E-state index in [2.05, 4.69) is 10.3 Å². The highest BCUT2D eigenvalue weighted by Crippen LogP contribution is 2.35. The van der Waals surface area contributed by atoms with Gasteiger partial charge in [0.25, 0.3) is 6.01 Å². The Morgan fingerprint density at radius 3 is 2.21 bits per heavy atom. The first-order chi connectivity index (χ1) is 16.1. The Kier molecular flexibility index (Phi) is 7.05. The van der Waals surface area contributed by atoms with E-state index in [0.29, 0.717) is 23.9 Å². The normalized spacial score (nSPS) is 11.7. The van der Waals surface area contributed by atoms with Crippen LogP contribution in [0.2, 0.25) is 0 Å². The van der Waals surface area contributed by atoms with Crippen molar-refractivity contribution in [2.75, 3.05) is 11.9 Å². The number of anilines is 1. The van der Waals surface area contributed by atoms with Crippen molar-refractivity contribution >= 4 is 12.0 Å². The predicted octanol–water partition coefficient (Wildman–Crippen LogP) is 6.71. The molecule has 6 heteroatoms. The molecule has 0 saturated heterocycles. The SMILES string of the molecule is CCCC(CNc1nc(-c2ccc(Oc3ccccc3)cc2)c(-c2ccccc2)o1)C(=O)O. The number of hydrogen-bond donors (Lipinski definition) is 2. The predicted molar refractivity (Wildman–Crippen MR) is 128 cm³/mol. The fraction of sp³-hybridized carbons (Fsp3) is 0.185. The molecule has 33 heavy (non-hydrogen) atoms. The van der Waals surface area contributed by atoms with E-state index in [0.717, 1.165) is 29.0 Å². The molecule has 0 aliphatic rings. The lowest BCUT2D eigenvalue weighted by Crippen LogP contribution is -2.22. The number of carbonyl (C=O) groups is 1. The second kappa shape index (κ2) is 10.5. The van der Waals surface area contributed by atoms with Gasteiger partial charge in [-0.3, -0.25) is 4.79 Å². The molecule has 4 rings (SSSR count). The molecule has 1 unspecified atom stereocenters. The molecule has 0 bridgehead atoms. The molecule has 0 aliphatic heterocycles. The van der Waals surface area contributed by atoms with Crippen molar-refractivity contribution in [2.45, 2.75) is 19.8 Å². The van der Waals surface area contributed by atoms with Gasteiger partial charge in [0.15, 0.2) is 5.76 Å². The molecule has 1 atom stereocenters. The molecule has 6 nitrogen and oxygen atoms in total. The second-order valence-corrected chi connectivity index (χ2v) is 7.71. The van der Waals surface area contributed by atoms with Gasteiger partial charge >= 0.3 is 5.97 Å². The number of hydrogen-bond acceptors (Lipinski definition) is 5. The highest BCUT2D eigenvalue weighted by Gasteiger charge is 2.20. The summed E-state index contributed by atoms with van der Waals surface area (Å²) in [5.41, 5.74) is 2.44. The van der Waals surface area contributed by atoms with Gasteiger partial charge in [0, 0.05) is 17.7 Å². The summed E-state index contributed by atoms with van der Waals surface area (Å²) >= 11 is 0. The van der Waals surface area contributed by atoms with Gasteiger partial charge in [0.05, 0.1) is 5.92 Å². The minimum atomic E-state index is -0.826. The molecule has 2 N–H and O–H groups in total. The molecule has 0 fully saturated rings. The lowest BCUT2D eigenvalue weighted by molar-refractivity contribution is -0.141. The molecule has 0 spiro atoms. The highest BCUT2D eigenvalue weighted by atomic mass is 16.5. The number of carboxylic acid groups (broad SMARTS) is 1. The van der Waals surface area contributed by atoms with Crippen molar-refractivity contribution in [1.82, 2.24) is 4.98 Å². The highest BCUT2D eigenvalue weighted by molar-refractivity contribution is 5.78. The summed E-state index contributed by atoms with van der Waals surface area (Å²) in [7, 11) is 0. The van der Waals surface area contributed by atoms with E-state index in [1.807, 2.05) is 91.9 Å². The van der Waals surface area contributed by atoms with Gasteiger partial charge in [-0.2, -0.15) is 4.98 Å². The van der Waals surface area contributed by atoms with Crippen LogP contribution in [0.5, 0.6) is 11.5 Å². The van der Waals surface area contributed by atoms with Crippen molar-refractivity contribution in [3.05, 3.63) is 84.9 Å². The number of carboxylic acids is 1. The molecule has 1 aromatic heterocycles. The molecule has 0 saturated carbocycles. The van der Waals surface area contributed by atoms with E-state index in [-0.39, 0.29) is 6.54 Å². The number of nitrogens with one attached hydrogen (secondary N) is 1. The van der Waals surface area contributed by atoms with E-state index in [1.54, 1.807) is 0 Å². The van der Waals surface area contributed by atoms with Gasteiger partial charge in [-0.1, -0.05) is 61.9 Å². The molecule has 168 valence electrons. The largest absolute Gasteiger partial charge is 0.481 e. The summed E-state index contributed by atoms with van der Waals surface area (Å²) in [5.74, 6) is 0.783. The molecular formula is C27H26N2O4. The molecule has 0 radical (unpaired) electrons. The third kappa shape index (κ3) is 5.60. The fourth-order valence-electron chi connectivity index (χ4n) is 3.55. The van der Waals surface area contributed by atoms with Crippen molar-refractivity contribution < 1.29 is 19.1 Å². The number of nitrogens with zero attached hydrogens (tertiary/aromatic N) is 1. The maximum Gasteiger partial charge on any atom is 0.308 e. The van der Waals surface area contributed by atoms with Gasteiger partial charge in [-0.05, 0) is 42.8 Å². The van der Waals surface area contributed by atoms with Crippen LogP contribution in [0, 0.1) is 5.92 Å². The Hall–Kier alpha value is -4.06. The van der Waals surface area contributed by atoms with Crippen molar-refractivity contribution in [3.63, 3.8) is 0 Å². The average Bonchev–Trinajstić information content (AvgIpc) is 3.27. The third-order valence-corrected chi connectivity index (χ3v) is 5.26. The summed E-state index contributed by atoms with van der Waals surface area (Å²) < 4.78 is 11.9. The zero-order chi connectivity index (χ0) is 23.0. The summed E-state index contributed by atoms with van der Waals surface area (Å²) in [4.78, 5) is 16.1. The number of oxazole rings is 1. The topological polar surface area (TPSA) is 84.6 Å². The summed E-state index contributed by atoms with van der Waals surface area (Å²) in [6.07, 6.45) is 1.38. The van der Waals surface area contributed by atoms with E-state index in [9.17, 15) is 9.90 Å². The number of aliphatic carboxylic acids is 1. The number of benzene rings is 3. The smallest absolute Gasteiger partial charge is 0.308 e. The van der Waals surface area contributed by atoms with Crippen LogP contribution in [0.15, 0.2) is 89.3 Å². The molecule has 3 aromatic carbocycles. The van der Waals surface area contributed by atoms with E-state index in [1.165, 1.54) is 0 Å². The van der Waals surface area contributed by atoms with Gasteiger partial charge in [-0.15, -0.1) is 0 Å². The quantitative estimate of drug-likeness (QED) is 0.284. The Morgan fingerprint density at radius 2 is 1.58 bits per heavy atom. The molecule has 4 aromatic rings. The molecule has 1 heterocycles. The second-order valence-electron chi connectivity index (χ2n) is 7.71. The standard InChI is InChI=1S/C27H26N2O4/c1-2-9-21(26(30)31)18-28-27-29-24(25(33-27)20-10-5-3-6-11-20)19-14-16-23(17-15-19)32-22-12-7-4-8-13-22/h3-8,10-17,21H,2,9,18H2,1H3,(H,28,29)(H,30,31). The van der Waals surface area contributed by atoms with E-state index < -0.39 is 11.9 Å². The average molecular weight is 443 g/mol. The fourth-order valence-corrected chi connectivity index (χ4v) is 3.55. The van der Waals surface area contributed by atoms with E-state index in [4.69, 9.17) is 9.15 Å². The van der Waals surface area contributed by atoms with Crippen LogP contribution >= 0.6 is 0 Å². The van der Waals surface area contributed by atoms with Gasteiger partial charge < -0.3 is 19.6 Å². The van der Waals surface area contributed by atoms with Crippen LogP contribution in [-0.2, 0) is 4.79 Å². The van der Waals surface area contributed by atoms with Crippen LogP contribution in [0.4, 0.5) is 6.01 Å². The Balaban J connectivity index is 1.60. The third-order valence-electron chi connectivity index (χ3n) is 5.26. The van der Waals surface area contributed by atoms with Crippen LogP contribution in [0.1, 0.15) is 19.8 Å². The minimum absolute atomic E-state index is 0.251. The Bertz CT molecular complexity index is 1170. The number of rotatable bonds is 10. The zero-order valence-electron chi connectivity index (χ0n) is 18.4.